The van der Waals surface area contributed by atoms with Crippen molar-refractivity contribution in [2.75, 3.05) is 11.1 Å². The third-order valence-corrected chi connectivity index (χ3v) is 5.44. The summed E-state index contributed by atoms with van der Waals surface area (Å²) in [5.74, 6) is -2.48. The molecule has 0 saturated heterocycles. The molecule has 31 heavy (non-hydrogen) atoms. The van der Waals surface area contributed by atoms with Gasteiger partial charge >= 0.3 is 0 Å². The zero-order valence-corrected chi connectivity index (χ0v) is 17.0. The zero-order valence-electron chi connectivity index (χ0n) is 16.2. The summed E-state index contributed by atoms with van der Waals surface area (Å²) in [6, 6.07) is 6.57. The summed E-state index contributed by atoms with van der Waals surface area (Å²) in [4.78, 5) is 25.1. The number of hydrogen-bond acceptors (Lipinski definition) is 5. The Labute approximate surface area is 177 Å². The van der Waals surface area contributed by atoms with Crippen LogP contribution in [0, 0.1) is 17.5 Å². The van der Waals surface area contributed by atoms with Crippen molar-refractivity contribution in [3.63, 3.8) is 0 Å². The number of anilines is 1. The number of fused-ring (bicyclic) bond motifs is 3. The van der Waals surface area contributed by atoms with E-state index in [1.807, 2.05) is 6.92 Å². The minimum atomic E-state index is -0.760. The number of thioether (sulfide) groups is 1. The first-order valence-corrected chi connectivity index (χ1v) is 10.3. The van der Waals surface area contributed by atoms with Gasteiger partial charge in [0.15, 0.2) is 5.16 Å². The predicted molar refractivity (Wildman–Crippen MR) is 111 cm³/mol. The van der Waals surface area contributed by atoms with Gasteiger partial charge in [0.05, 0.1) is 22.3 Å². The fourth-order valence-corrected chi connectivity index (χ4v) is 3.93. The van der Waals surface area contributed by atoms with E-state index in [1.54, 1.807) is 4.40 Å². The molecule has 1 amide bonds. The molecule has 0 saturated carbocycles. The average Bonchev–Trinajstić information content (AvgIpc) is 3.16. The lowest BCUT2D eigenvalue weighted by Gasteiger charge is -2.10. The molecule has 2 aromatic heterocycles. The smallest absolute Gasteiger partial charge is 0.262 e. The fourth-order valence-electron chi connectivity index (χ4n) is 3.19. The van der Waals surface area contributed by atoms with Gasteiger partial charge in [-0.05, 0) is 36.8 Å². The maximum Gasteiger partial charge on any atom is 0.262 e. The Hall–Kier alpha value is -3.34. The molecule has 0 fully saturated rings. The van der Waals surface area contributed by atoms with Gasteiger partial charge in [-0.1, -0.05) is 18.7 Å². The molecule has 0 aliphatic heterocycles. The molecule has 0 spiro atoms. The number of nitrogens with one attached hydrogen (secondary N) is 1. The van der Waals surface area contributed by atoms with Crippen LogP contribution >= 0.6 is 11.8 Å². The molecule has 1 N–H and O–H groups in total. The molecule has 11 heteroatoms. The lowest BCUT2D eigenvalue weighted by atomic mass is 10.2. The van der Waals surface area contributed by atoms with Crippen LogP contribution in [0.25, 0.3) is 16.7 Å². The molecular weight excluding hydrogens is 431 g/mol. The second-order valence-corrected chi connectivity index (χ2v) is 7.64. The summed E-state index contributed by atoms with van der Waals surface area (Å²) >= 11 is 0.998. The Bertz CT molecular complexity index is 1370. The van der Waals surface area contributed by atoms with Crippen LogP contribution in [0.3, 0.4) is 0 Å². The van der Waals surface area contributed by atoms with Crippen LogP contribution in [0.5, 0.6) is 0 Å². The molecule has 0 aliphatic rings. The Balaban J connectivity index is 1.68. The summed E-state index contributed by atoms with van der Waals surface area (Å²) in [6.07, 6.45) is 0.646. The van der Waals surface area contributed by atoms with Crippen molar-refractivity contribution in [2.24, 2.45) is 0 Å². The third-order valence-electron chi connectivity index (χ3n) is 4.51. The van der Waals surface area contributed by atoms with E-state index >= 15 is 0 Å². The van der Waals surface area contributed by atoms with Gasteiger partial charge in [-0.25, -0.2) is 13.2 Å². The van der Waals surface area contributed by atoms with E-state index in [4.69, 9.17) is 0 Å². The summed E-state index contributed by atoms with van der Waals surface area (Å²) in [7, 11) is 0. The van der Waals surface area contributed by atoms with Crippen LogP contribution in [0.4, 0.5) is 18.9 Å². The van der Waals surface area contributed by atoms with E-state index in [2.05, 4.69) is 15.5 Å². The molecule has 4 aromatic rings. The number of hydrogen-bond donors (Lipinski definition) is 1. The van der Waals surface area contributed by atoms with E-state index in [-0.39, 0.29) is 28.2 Å². The van der Waals surface area contributed by atoms with Crippen molar-refractivity contribution in [1.82, 2.24) is 19.2 Å². The number of aryl methyl sites for hydroxylation is 1. The second-order valence-electron chi connectivity index (χ2n) is 6.70. The molecule has 0 bridgehead atoms. The first-order valence-electron chi connectivity index (χ1n) is 9.34. The van der Waals surface area contributed by atoms with Gasteiger partial charge < -0.3 is 5.32 Å². The fraction of sp³-hybridized carbons (Fsp3) is 0.200. The molecular formula is C20H16F3N5O2S. The second kappa shape index (κ2) is 8.42. The van der Waals surface area contributed by atoms with Crippen LogP contribution in [0.1, 0.15) is 13.3 Å². The van der Waals surface area contributed by atoms with E-state index < -0.39 is 23.4 Å². The summed E-state index contributed by atoms with van der Waals surface area (Å²) in [5, 5.41) is 10.9. The monoisotopic (exact) mass is 447 g/mol. The first-order chi connectivity index (χ1) is 14.9. The molecule has 0 unspecified atom stereocenters. The van der Waals surface area contributed by atoms with Crippen molar-refractivity contribution in [3.05, 3.63) is 64.2 Å². The summed E-state index contributed by atoms with van der Waals surface area (Å²) in [5.41, 5.74) is -0.251. The quantitative estimate of drug-likeness (QED) is 0.457. The zero-order chi connectivity index (χ0) is 22.1. The highest BCUT2D eigenvalue weighted by Crippen LogP contribution is 2.23. The van der Waals surface area contributed by atoms with E-state index in [0.717, 1.165) is 36.0 Å². The summed E-state index contributed by atoms with van der Waals surface area (Å²) < 4.78 is 43.8. The molecule has 0 aliphatic carbocycles. The minimum Gasteiger partial charge on any atom is -0.323 e. The number of carbonyl (C=O) groups is 1. The first kappa shape index (κ1) is 20.9. The van der Waals surface area contributed by atoms with Crippen molar-refractivity contribution in [1.29, 1.82) is 0 Å². The average molecular weight is 447 g/mol. The van der Waals surface area contributed by atoms with Crippen molar-refractivity contribution >= 4 is 40.0 Å². The molecule has 7 nitrogen and oxygen atoms in total. The van der Waals surface area contributed by atoms with Crippen LogP contribution in [-0.4, -0.2) is 30.8 Å². The predicted octanol–water partition coefficient (Wildman–Crippen LogP) is 3.60. The van der Waals surface area contributed by atoms with Crippen molar-refractivity contribution in [3.8, 4) is 0 Å². The number of benzene rings is 2. The SMILES string of the molecule is CCCn1c(=O)c2cc(F)ccc2n2c(SCC(=O)Nc3cc(F)ccc3F)nnc12. The van der Waals surface area contributed by atoms with Gasteiger partial charge in [0.25, 0.3) is 5.56 Å². The molecule has 4 rings (SSSR count). The lowest BCUT2D eigenvalue weighted by molar-refractivity contribution is -0.113. The van der Waals surface area contributed by atoms with Gasteiger partial charge in [0.2, 0.25) is 11.7 Å². The Morgan fingerprint density at radius 2 is 1.84 bits per heavy atom. The topological polar surface area (TPSA) is 81.3 Å². The highest BCUT2D eigenvalue weighted by molar-refractivity contribution is 7.99. The number of aromatic nitrogens is 4. The van der Waals surface area contributed by atoms with Crippen LogP contribution in [0.15, 0.2) is 46.3 Å². The molecule has 2 heterocycles. The number of rotatable bonds is 6. The number of amides is 1. The Kier molecular flexibility index (Phi) is 5.68. The highest BCUT2D eigenvalue weighted by Gasteiger charge is 2.18. The largest absolute Gasteiger partial charge is 0.323 e. The van der Waals surface area contributed by atoms with Crippen LogP contribution in [-0.2, 0) is 11.3 Å². The summed E-state index contributed by atoms with van der Waals surface area (Å²) in [6.45, 7) is 2.25. The lowest BCUT2D eigenvalue weighted by Crippen LogP contribution is -2.23. The number of nitrogens with zero attached hydrogens (tertiary/aromatic N) is 4. The molecule has 2 aromatic carbocycles. The maximum absolute atomic E-state index is 13.8. The molecule has 0 radical (unpaired) electrons. The van der Waals surface area contributed by atoms with Crippen LogP contribution < -0.4 is 10.9 Å². The molecule has 0 atom stereocenters. The minimum absolute atomic E-state index is 0.161. The van der Waals surface area contributed by atoms with Gasteiger partial charge in [0, 0.05) is 12.6 Å². The normalized spacial score (nSPS) is 11.4. The van der Waals surface area contributed by atoms with Gasteiger partial charge in [0.1, 0.15) is 17.5 Å². The Morgan fingerprint density at radius 1 is 1.10 bits per heavy atom. The van der Waals surface area contributed by atoms with Crippen LogP contribution in [0.2, 0.25) is 0 Å². The van der Waals surface area contributed by atoms with E-state index in [1.165, 1.54) is 16.7 Å². The number of halogens is 3. The number of carbonyl (C=O) groups excluding carboxylic acids is 1. The van der Waals surface area contributed by atoms with E-state index in [0.29, 0.717) is 23.6 Å². The maximum atomic E-state index is 13.8. The van der Waals surface area contributed by atoms with E-state index in [9.17, 15) is 22.8 Å². The highest BCUT2D eigenvalue weighted by atomic mass is 32.2. The van der Waals surface area contributed by atoms with Crippen molar-refractivity contribution < 1.29 is 18.0 Å². The van der Waals surface area contributed by atoms with Gasteiger partial charge in [-0.15, -0.1) is 10.2 Å². The van der Waals surface area contributed by atoms with Gasteiger partial charge in [-0.3, -0.25) is 18.6 Å². The van der Waals surface area contributed by atoms with Crippen molar-refractivity contribution in [2.45, 2.75) is 25.0 Å². The molecule has 160 valence electrons. The van der Waals surface area contributed by atoms with Gasteiger partial charge in [-0.2, -0.15) is 0 Å². The Morgan fingerprint density at radius 3 is 2.61 bits per heavy atom. The standard InChI is InChI=1S/C20H16F3N5O2S/c1-2-7-27-18(30)13-8-11(21)4-6-16(13)28-19(27)25-26-20(28)31-10-17(29)24-15-9-12(22)3-5-14(15)23/h3-6,8-9H,2,7,10H2,1H3,(H,24,29). The third kappa shape index (κ3) is 4.00.